The third-order valence-electron chi connectivity index (χ3n) is 6.58. The number of piperazine rings is 1. The minimum atomic E-state index is -1.27. The fourth-order valence-electron chi connectivity index (χ4n) is 5.01. The first-order valence-corrected chi connectivity index (χ1v) is 10.5. The Morgan fingerprint density at radius 1 is 1.17 bits per heavy atom. The third-order valence-corrected chi connectivity index (χ3v) is 6.58. The predicted octanol–water partition coefficient (Wildman–Crippen LogP) is 1.86. The molecule has 1 N–H and O–H groups in total. The van der Waals surface area contributed by atoms with Crippen molar-refractivity contribution in [1.29, 1.82) is 0 Å². The van der Waals surface area contributed by atoms with Crippen molar-refractivity contribution in [3.63, 3.8) is 0 Å². The molecule has 2 saturated heterocycles. The van der Waals surface area contributed by atoms with Crippen molar-refractivity contribution in [2.75, 3.05) is 38.1 Å². The summed E-state index contributed by atoms with van der Waals surface area (Å²) in [5, 5.41) is 2.52. The standard InChI is InChI=1S/C22H30N4O3/c1-15(2)7-6-10-26-20(28)22(19(27)23-21(26)29)13-16-8-4-5-9-17(16)25-12-11-24(3)14-18(22)25/h4-5,8-9,15,18H,6-7,10-14H2,1-3H3,(H,23,27,29)/t18-,22-/m0/s1. The van der Waals surface area contributed by atoms with E-state index in [1.54, 1.807) is 0 Å². The van der Waals surface area contributed by atoms with Gasteiger partial charge in [0, 0.05) is 31.9 Å². The molecule has 2 atom stereocenters. The van der Waals surface area contributed by atoms with E-state index in [0.29, 0.717) is 25.4 Å². The number of rotatable bonds is 4. The summed E-state index contributed by atoms with van der Waals surface area (Å²) in [5.41, 5.74) is 0.822. The van der Waals surface area contributed by atoms with Gasteiger partial charge in [0.05, 0.1) is 6.04 Å². The van der Waals surface area contributed by atoms with E-state index in [9.17, 15) is 14.4 Å². The number of anilines is 1. The molecule has 7 heteroatoms. The zero-order chi connectivity index (χ0) is 20.8. The van der Waals surface area contributed by atoms with Crippen LogP contribution in [0.3, 0.4) is 0 Å². The summed E-state index contributed by atoms with van der Waals surface area (Å²) in [6.45, 7) is 6.83. The smallest absolute Gasteiger partial charge is 0.330 e. The first-order chi connectivity index (χ1) is 13.8. The number of imide groups is 2. The number of para-hydroxylation sites is 1. The second-order valence-electron chi connectivity index (χ2n) is 9.00. The lowest BCUT2D eigenvalue weighted by atomic mass is 9.67. The normalized spacial score (nSPS) is 27.3. The van der Waals surface area contributed by atoms with Crippen molar-refractivity contribution in [1.82, 2.24) is 15.1 Å². The Morgan fingerprint density at radius 2 is 1.93 bits per heavy atom. The highest BCUT2D eigenvalue weighted by Gasteiger charge is 2.62. The van der Waals surface area contributed by atoms with Gasteiger partial charge >= 0.3 is 6.03 Å². The molecule has 1 spiro atoms. The monoisotopic (exact) mass is 398 g/mol. The van der Waals surface area contributed by atoms with E-state index in [0.717, 1.165) is 37.2 Å². The summed E-state index contributed by atoms with van der Waals surface area (Å²) in [5.74, 6) is -0.292. The van der Waals surface area contributed by atoms with Gasteiger partial charge in [0.15, 0.2) is 5.41 Å². The molecule has 3 aliphatic rings. The molecule has 0 aromatic heterocycles. The maximum Gasteiger partial charge on any atom is 0.330 e. The Hall–Kier alpha value is -2.41. The van der Waals surface area contributed by atoms with Crippen molar-refractivity contribution in [2.45, 2.75) is 39.2 Å². The number of carbonyl (C=O) groups excluding carboxylic acids is 3. The van der Waals surface area contributed by atoms with E-state index >= 15 is 0 Å². The highest BCUT2D eigenvalue weighted by Crippen LogP contribution is 2.45. The maximum atomic E-state index is 13.8. The van der Waals surface area contributed by atoms with E-state index in [4.69, 9.17) is 0 Å². The average molecular weight is 399 g/mol. The van der Waals surface area contributed by atoms with Gasteiger partial charge in [0.2, 0.25) is 11.8 Å². The maximum absolute atomic E-state index is 13.8. The van der Waals surface area contributed by atoms with Crippen molar-refractivity contribution in [3.8, 4) is 0 Å². The first-order valence-electron chi connectivity index (χ1n) is 10.5. The lowest BCUT2D eigenvalue weighted by Crippen LogP contribution is -2.75. The molecule has 0 unspecified atom stereocenters. The molecule has 0 aliphatic carbocycles. The molecule has 7 nitrogen and oxygen atoms in total. The fraction of sp³-hybridized carbons (Fsp3) is 0.591. The first kappa shape index (κ1) is 19.9. The quantitative estimate of drug-likeness (QED) is 0.784. The molecule has 0 radical (unpaired) electrons. The highest BCUT2D eigenvalue weighted by atomic mass is 16.2. The van der Waals surface area contributed by atoms with Crippen LogP contribution in [0.15, 0.2) is 24.3 Å². The number of carbonyl (C=O) groups is 3. The lowest BCUT2D eigenvalue weighted by molar-refractivity contribution is -0.154. The topological polar surface area (TPSA) is 73.0 Å². The second-order valence-corrected chi connectivity index (χ2v) is 9.00. The molecule has 156 valence electrons. The number of hydrogen-bond donors (Lipinski definition) is 1. The van der Waals surface area contributed by atoms with Gasteiger partial charge in [-0.05, 0) is 43.9 Å². The Morgan fingerprint density at radius 3 is 2.69 bits per heavy atom. The van der Waals surface area contributed by atoms with Crippen LogP contribution in [-0.4, -0.2) is 66.9 Å². The molecule has 3 heterocycles. The van der Waals surface area contributed by atoms with Crippen molar-refractivity contribution in [2.24, 2.45) is 11.3 Å². The minimum absolute atomic E-state index is 0.288. The summed E-state index contributed by atoms with van der Waals surface area (Å²) in [4.78, 5) is 45.2. The van der Waals surface area contributed by atoms with Crippen LogP contribution in [0.2, 0.25) is 0 Å². The second kappa shape index (κ2) is 7.44. The van der Waals surface area contributed by atoms with Crippen molar-refractivity contribution in [3.05, 3.63) is 29.8 Å². The van der Waals surface area contributed by atoms with Gasteiger partial charge in [-0.15, -0.1) is 0 Å². The van der Waals surface area contributed by atoms with E-state index in [1.807, 2.05) is 25.2 Å². The van der Waals surface area contributed by atoms with Gasteiger partial charge in [0.1, 0.15) is 0 Å². The van der Waals surface area contributed by atoms with Gasteiger partial charge in [-0.3, -0.25) is 19.8 Å². The van der Waals surface area contributed by atoms with Gasteiger partial charge in [-0.25, -0.2) is 4.79 Å². The number of hydrogen-bond acceptors (Lipinski definition) is 5. The molecule has 3 aliphatic heterocycles. The van der Waals surface area contributed by atoms with Crippen molar-refractivity contribution < 1.29 is 14.4 Å². The van der Waals surface area contributed by atoms with Crippen LogP contribution in [0.4, 0.5) is 10.5 Å². The summed E-state index contributed by atoms with van der Waals surface area (Å²) in [6.07, 6.45) is 2.00. The number of amides is 4. The minimum Gasteiger partial charge on any atom is -0.364 e. The summed E-state index contributed by atoms with van der Waals surface area (Å²) in [6, 6.07) is 7.13. The zero-order valence-electron chi connectivity index (χ0n) is 17.5. The molecule has 4 amide bonds. The summed E-state index contributed by atoms with van der Waals surface area (Å²) in [7, 11) is 2.02. The van der Waals surface area contributed by atoms with Crippen LogP contribution >= 0.6 is 0 Å². The lowest BCUT2D eigenvalue weighted by Gasteiger charge is -2.55. The number of urea groups is 1. The predicted molar refractivity (Wildman–Crippen MR) is 111 cm³/mol. The van der Waals surface area contributed by atoms with Crippen LogP contribution in [0.25, 0.3) is 0 Å². The van der Waals surface area contributed by atoms with Crippen LogP contribution in [0.1, 0.15) is 32.3 Å². The SMILES string of the molecule is CC(C)CCCN1C(=O)NC(=O)[C@@]2(Cc3ccccc3N3CCN(C)C[C@H]32)C1=O. The van der Waals surface area contributed by atoms with Gasteiger partial charge in [-0.1, -0.05) is 32.0 Å². The Kier molecular flexibility index (Phi) is 5.11. The molecular weight excluding hydrogens is 368 g/mol. The van der Waals surface area contributed by atoms with E-state index in [2.05, 4.69) is 35.0 Å². The number of benzene rings is 1. The van der Waals surface area contributed by atoms with E-state index < -0.39 is 17.4 Å². The molecule has 0 bridgehead atoms. The van der Waals surface area contributed by atoms with Crippen LogP contribution in [0.5, 0.6) is 0 Å². The van der Waals surface area contributed by atoms with Gasteiger partial charge in [-0.2, -0.15) is 0 Å². The molecule has 1 aromatic carbocycles. The Bertz CT molecular complexity index is 839. The number of fused-ring (bicyclic) bond motifs is 4. The third kappa shape index (κ3) is 3.21. The number of nitrogens with zero attached hydrogens (tertiary/aromatic N) is 3. The van der Waals surface area contributed by atoms with Crippen LogP contribution in [0, 0.1) is 11.3 Å². The largest absolute Gasteiger partial charge is 0.364 e. The van der Waals surface area contributed by atoms with Gasteiger partial charge < -0.3 is 9.80 Å². The Balaban J connectivity index is 1.74. The summed E-state index contributed by atoms with van der Waals surface area (Å²) >= 11 is 0. The molecule has 4 rings (SSSR count). The molecular formula is C22H30N4O3. The Labute approximate surface area is 172 Å². The van der Waals surface area contributed by atoms with Crippen LogP contribution in [-0.2, 0) is 16.0 Å². The number of likely N-dealkylation sites (N-methyl/N-ethyl adjacent to an activating group) is 1. The molecule has 1 aromatic rings. The number of nitrogens with one attached hydrogen (secondary N) is 1. The fourth-order valence-corrected chi connectivity index (χ4v) is 5.01. The molecule has 29 heavy (non-hydrogen) atoms. The molecule has 2 fully saturated rings. The van der Waals surface area contributed by atoms with Crippen LogP contribution < -0.4 is 10.2 Å². The van der Waals surface area contributed by atoms with Crippen molar-refractivity contribution >= 4 is 23.5 Å². The average Bonchev–Trinajstić information content (AvgIpc) is 2.68. The molecule has 0 saturated carbocycles. The number of barbiturate groups is 1. The zero-order valence-corrected chi connectivity index (χ0v) is 17.5. The van der Waals surface area contributed by atoms with E-state index in [1.165, 1.54) is 4.90 Å². The highest BCUT2D eigenvalue weighted by molar-refractivity contribution is 6.20. The van der Waals surface area contributed by atoms with E-state index in [-0.39, 0.29) is 11.9 Å². The summed E-state index contributed by atoms with van der Waals surface area (Å²) < 4.78 is 0. The van der Waals surface area contributed by atoms with Gasteiger partial charge in [0.25, 0.3) is 0 Å².